The minimum absolute atomic E-state index is 0.0140. The summed E-state index contributed by atoms with van der Waals surface area (Å²) in [7, 11) is 0. The molecule has 4 nitrogen and oxygen atoms in total. The highest BCUT2D eigenvalue weighted by Crippen LogP contribution is 2.19. The second-order valence-corrected chi connectivity index (χ2v) is 4.08. The van der Waals surface area contributed by atoms with Gasteiger partial charge in [0.2, 0.25) is 0 Å². The summed E-state index contributed by atoms with van der Waals surface area (Å²) >= 11 is 0. The molecule has 0 aliphatic rings. The van der Waals surface area contributed by atoms with Gasteiger partial charge in [0, 0.05) is 23.4 Å². The Balaban J connectivity index is 3.15. The number of carboxylic acids is 1. The SMILES string of the molecule is CCN(C(=O)C(C)=C(C)C(=O)O)c1cccc(F)c1. The lowest BCUT2D eigenvalue weighted by Crippen LogP contribution is -2.32. The standard InChI is InChI=1S/C14H16FNO3/c1-4-16(12-7-5-6-11(15)8-12)13(17)9(2)10(3)14(18)19/h5-8H,4H2,1-3H3,(H,18,19). The molecule has 0 saturated carbocycles. The number of aliphatic carboxylic acids is 1. The van der Waals surface area contributed by atoms with Crippen LogP contribution in [0.4, 0.5) is 10.1 Å². The van der Waals surface area contributed by atoms with E-state index < -0.39 is 17.7 Å². The molecule has 0 heterocycles. The van der Waals surface area contributed by atoms with Gasteiger partial charge < -0.3 is 10.0 Å². The van der Waals surface area contributed by atoms with E-state index in [1.807, 2.05) is 0 Å². The summed E-state index contributed by atoms with van der Waals surface area (Å²) in [6.45, 7) is 4.89. The number of amides is 1. The second kappa shape index (κ2) is 6.13. The summed E-state index contributed by atoms with van der Waals surface area (Å²) in [6.07, 6.45) is 0. The molecule has 1 aromatic carbocycles. The highest BCUT2D eigenvalue weighted by Gasteiger charge is 2.19. The average molecular weight is 265 g/mol. The summed E-state index contributed by atoms with van der Waals surface area (Å²) < 4.78 is 13.2. The number of nitrogens with zero attached hydrogens (tertiary/aromatic N) is 1. The Morgan fingerprint density at radius 3 is 2.37 bits per heavy atom. The molecule has 1 aromatic rings. The summed E-state index contributed by atoms with van der Waals surface area (Å²) in [5, 5.41) is 8.88. The van der Waals surface area contributed by atoms with Crippen molar-refractivity contribution < 1.29 is 19.1 Å². The number of carbonyl (C=O) groups is 2. The van der Waals surface area contributed by atoms with Crippen LogP contribution in [0.1, 0.15) is 20.8 Å². The molecule has 0 saturated heterocycles. The van der Waals surface area contributed by atoms with Crippen LogP contribution in [0.25, 0.3) is 0 Å². The summed E-state index contributed by atoms with van der Waals surface area (Å²) in [5.41, 5.74) is 0.531. The van der Waals surface area contributed by atoms with Crippen LogP contribution in [0.15, 0.2) is 35.4 Å². The molecular weight excluding hydrogens is 249 g/mol. The van der Waals surface area contributed by atoms with Crippen LogP contribution in [0.3, 0.4) is 0 Å². The van der Waals surface area contributed by atoms with Crippen molar-refractivity contribution in [2.45, 2.75) is 20.8 Å². The number of carboxylic acid groups (broad SMARTS) is 1. The number of benzene rings is 1. The maximum atomic E-state index is 13.2. The van der Waals surface area contributed by atoms with Gasteiger partial charge in [-0.1, -0.05) is 6.07 Å². The fraction of sp³-hybridized carbons (Fsp3) is 0.286. The van der Waals surface area contributed by atoms with E-state index in [9.17, 15) is 14.0 Å². The lowest BCUT2D eigenvalue weighted by molar-refractivity contribution is -0.133. The molecule has 0 atom stereocenters. The normalized spacial score (nSPS) is 11.8. The molecule has 0 aromatic heterocycles. The van der Waals surface area contributed by atoms with Crippen molar-refractivity contribution in [2.75, 3.05) is 11.4 Å². The predicted octanol–water partition coefficient (Wildman–Crippen LogP) is 2.60. The number of halogens is 1. The Labute approximate surface area is 111 Å². The number of hydrogen-bond acceptors (Lipinski definition) is 2. The first-order valence-corrected chi connectivity index (χ1v) is 5.86. The summed E-state index contributed by atoms with van der Waals surface area (Å²) in [6, 6.07) is 5.63. The van der Waals surface area contributed by atoms with Gasteiger partial charge in [-0.2, -0.15) is 0 Å². The van der Waals surface area contributed by atoms with E-state index in [0.717, 1.165) is 0 Å². The average Bonchev–Trinajstić information content (AvgIpc) is 2.37. The molecule has 102 valence electrons. The third kappa shape index (κ3) is 3.40. The van der Waals surface area contributed by atoms with Gasteiger partial charge in [0.1, 0.15) is 5.82 Å². The van der Waals surface area contributed by atoms with Crippen LogP contribution in [0.2, 0.25) is 0 Å². The van der Waals surface area contributed by atoms with E-state index in [-0.39, 0.29) is 11.1 Å². The molecule has 0 bridgehead atoms. The van der Waals surface area contributed by atoms with Crippen molar-refractivity contribution in [1.29, 1.82) is 0 Å². The maximum Gasteiger partial charge on any atom is 0.331 e. The van der Waals surface area contributed by atoms with Crippen molar-refractivity contribution in [3.63, 3.8) is 0 Å². The summed E-state index contributed by atoms with van der Waals surface area (Å²) in [4.78, 5) is 24.4. The van der Waals surface area contributed by atoms with Gasteiger partial charge >= 0.3 is 5.97 Å². The predicted molar refractivity (Wildman–Crippen MR) is 70.4 cm³/mol. The second-order valence-electron chi connectivity index (χ2n) is 4.08. The van der Waals surface area contributed by atoms with Crippen molar-refractivity contribution in [1.82, 2.24) is 0 Å². The Morgan fingerprint density at radius 2 is 1.89 bits per heavy atom. The van der Waals surface area contributed by atoms with Crippen LogP contribution in [-0.2, 0) is 9.59 Å². The first-order valence-electron chi connectivity index (χ1n) is 5.86. The number of likely N-dealkylation sites (N-methyl/N-ethyl adjacent to an activating group) is 1. The van der Waals surface area contributed by atoms with Crippen LogP contribution >= 0.6 is 0 Å². The van der Waals surface area contributed by atoms with Crippen molar-refractivity contribution in [2.24, 2.45) is 0 Å². The lowest BCUT2D eigenvalue weighted by atomic mass is 10.1. The molecule has 0 unspecified atom stereocenters. The zero-order valence-electron chi connectivity index (χ0n) is 11.1. The van der Waals surface area contributed by atoms with Crippen LogP contribution in [0, 0.1) is 5.82 Å². The Morgan fingerprint density at radius 1 is 1.26 bits per heavy atom. The minimum Gasteiger partial charge on any atom is -0.478 e. The zero-order valence-corrected chi connectivity index (χ0v) is 11.1. The Kier molecular flexibility index (Phi) is 4.80. The smallest absolute Gasteiger partial charge is 0.331 e. The van der Waals surface area contributed by atoms with E-state index in [0.29, 0.717) is 12.2 Å². The third-order valence-electron chi connectivity index (χ3n) is 2.89. The fourth-order valence-electron chi connectivity index (χ4n) is 1.61. The van der Waals surface area contributed by atoms with Gasteiger partial charge in [0.15, 0.2) is 0 Å². The highest BCUT2D eigenvalue weighted by molar-refractivity contribution is 6.09. The molecule has 0 radical (unpaired) electrons. The topological polar surface area (TPSA) is 57.6 Å². The molecule has 0 fully saturated rings. The third-order valence-corrected chi connectivity index (χ3v) is 2.89. The van der Waals surface area contributed by atoms with Crippen molar-refractivity contribution >= 4 is 17.6 Å². The van der Waals surface area contributed by atoms with E-state index in [2.05, 4.69) is 0 Å². The van der Waals surface area contributed by atoms with Crippen LogP contribution in [-0.4, -0.2) is 23.5 Å². The number of anilines is 1. The van der Waals surface area contributed by atoms with Gasteiger partial charge in [-0.15, -0.1) is 0 Å². The van der Waals surface area contributed by atoms with Gasteiger partial charge in [0.05, 0.1) is 0 Å². The lowest BCUT2D eigenvalue weighted by Gasteiger charge is -2.22. The molecule has 0 spiro atoms. The largest absolute Gasteiger partial charge is 0.478 e. The van der Waals surface area contributed by atoms with Gasteiger partial charge in [-0.3, -0.25) is 4.79 Å². The van der Waals surface area contributed by atoms with Gasteiger partial charge in [-0.05, 0) is 39.0 Å². The van der Waals surface area contributed by atoms with Gasteiger partial charge in [0.25, 0.3) is 5.91 Å². The van der Waals surface area contributed by atoms with E-state index in [1.54, 1.807) is 13.0 Å². The maximum absolute atomic E-state index is 13.2. The van der Waals surface area contributed by atoms with Crippen LogP contribution in [0.5, 0.6) is 0 Å². The zero-order chi connectivity index (χ0) is 14.6. The highest BCUT2D eigenvalue weighted by atomic mass is 19.1. The molecule has 19 heavy (non-hydrogen) atoms. The molecule has 1 amide bonds. The quantitative estimate of drug-likeness (QED) is 0.851. The monoisotopic (exact) mass is 265 g/mol. The van der Waals surface area contributed by atoms with Crippen molar-refractivity contribution in [3.05, 3.63) is 41.2 Å². The Hall–Kier alpha value is -2.17. The van der Waals surface area contributed by atoms with E-state index >= 15 is 0 Å². The fourth-order valence-corrected chi connectivity index (χ4v) is 1.61. The first kappa shape index (κ1) is 14.9. The van der Waals surface area contributed by atoms with Crippen molar-refractivity contribution in [3.8, 4) is 0 Å². The molecule has 1 rings (SSSR count). The molecule has 0 aliphatic heterocycles. The number of hydrogen-bond donors (Lipinski definition) is 1. The molecule has 5 heteroatoms. The molecule has 0 aliphatic carbocycles. The molecule has 1 N–H and O–H groups in total. The summed E-state index contributed by atoms with van der Waals surface area (Å²) in [5.74, 6) is -2.02. The van der Waals surface area contributed by atoms with Crippen LogP contribution < -0.4 is 4.90 Å². The van der Waals surface area contributed by atoms with E-state index in [4.69, 9.17) is 5.11 Å². The number of rotatable bonds is 4. The number of carbonyl (C=O) groups excluding carboxylic acids is 1. The Bertz CT molecular complexity index is 537. The molecular formula is C14H16FNO3. The first-order chi connectivity index (χ1) is 8.88. The van der Waals surface area contributed by atoms with E-state index in [1.165, 1.54) is 36.9 Å². The van der Waals surface area contributed by atoms with Gasteiger partial charge in [-0.25, -0.2) is 9.18 Å². The minimum atomic E-state index is -1.14.